The van der Waals surface area contributed by atoms with Crippen LogP contribution in [-0.2, 0) is 11.3 Å². The number of hydrogen-bond acceptors (Lipinski definition) is 3. The molecule has 2 rings (SSSR count). The van der Waals surface area contributed by atoms with Crippen molar-refractivity contribution in [3.8, 4) is 0 Å². The number of carbonyl (C=O) groups is 1. The molecule has 0 radical (unpaired) electrons. The number of aromatic nitrogens is 1. The number of carbonyl (C=O) groups excluding carboxylic acids is 1. The standard InChI is InChI=1S/C12H16N2O/c15-12-3-1-11(2-4-12)14-9-10-5-7-13-8-6-10/h5-8,11,14H,1-4,9H2. The fourth-order valence-electron chi connectivity index (χ4n) is 1.91. The zero-order valence-electron chi connectivity index (χ0n) is 8.78. The second-order valence-corrected chi connectivity index (χ2v) is 4.05. The van der Waals surface area contributed by atoms with Crippen molar-refractivity contribution in [1.82, 2.24) is 10.3 Å². The molecule has 1 fully saturated rings. The summed E-state index contributed by atoms with van der Waals surface area (Å²) in [6, 6.07) is 4.54. The number of hydrogen-bond donors (Lipinski definition) is 1. The van der Waals surface area contributed by atoms with Gasteiger partial charge in [-0.3, -0.25) is 9.78 Å². The fourth-order valence-corrected chi connectivity index (χ4v) is 1.91. The van der Waals surface area contributed by atoms with Crippen molar-refractivity contribution >= 4 is 5.78 Å². The number of nitrogens with one attached hydrogen (secondary N) is 1. The number of rotatable bonds is 3. The van der Waals surface area contributed by atoms with E-state index in [4.69, 9.17) is 0 Å². The highest BCUT2D eigenvalue weighted by molar-refractivity contribution is 5.79. The molecule has 0 unspecified atom stereocenters. The SMILES string of the molecule is O=C1CCC(NCc2ccncc2)CC1. The molecular formula is C12H16N2O. The molecule has 1 aliphatic rings. The molecule has 1 heterocycles. The number of nitrogens with zero attached hydrogens (tertiary/aromatic N) is 1. The molecule has 3 heteroatoms. The molecule has 1 aromatic heterocycles. The molecule has 3 nitrogen and oxygen atoms in total. The maximum Gasteiger partial charge on any atom is 0.133 e. The first-order valence-electron chi connectivity index (χ1n) is 5.48. The van der Waals surface area contributed by atoms with E-state index in [0.29, 0.717) is 11.8 Å². The average molecular weight is 204 g/mol. The van der Waals surface area contributed by atoms with E-state index < -0.39 is 0 Å². The van der Waals surface area contributed by atoms with E-state index in [1.807, 2.05) is 12.1 Å². The van der Waals surface area contributed by atoms with Gasteiger partial charge in [0.1, 0.15) is 5.78 Å². The van der Waals surface area contributed by atoms with Crippen LogP contribution in [0.5, 0.6) is 0 Å². The van der Waals surface area contributed by atoms with Gasteiger partial charge in [-0.25, -0.2) is 0 Å². The van der Waals surface area contributed by atoms with Crippen molar-refractivity contribution < 1.29 is 4.79 Å². The van der Waals surface area contributed by atoms with Crippen molar-refractivity contribution in [3.63, 3.8) is 0 Å². The lowest BCUT2D eigenvalue weighted by atomic mass is 9.94. The Morgan fingerprint density at radius 2 is 1.93 bits per heavy atom. The molecule has 1 aromatic rings. The Balaban J connectivity index is 1.77. The topological polar surface area (TPSA) is 42.0 Å². The van der Waals surface area contributed by atoms with Gasteiger partial charge < -0.3 is 5.32 Å². The third-order valence-electron chi connectivity index (χ3n) is 2.89. The van der Waals surface area contributed by atoms with Gasteiger partial charge in [-0.2, -0.15) is 0 Å². The lowest BCUT2D eigenvalue weighted by Gasteiger charge is -2.22. The minimum Gasteiger partial charge on any atom is -0.310 e. The smallest absolute Gasteiger partial charge is 0.133 e. The van der Waals surface area contributed by atoms with Crippen LogP contribution in [0.15, 0.2) is 24.5 Å². The van der Waals surface area contributed by atoms with E-state index in [0.717, 1.165) is 32.2 Å². The zero-order chi connectivity index (χ0) is 10.5. The number of ketones is 1. The molecule has 0 aliphatic heterocycles. The summed E-state index contributed by atoms with van der Waals surface area (Å²) in [5, 5.41) is 3.48. The van der Waals surface area contributed by atoms with Crippen LogP contribution in [0, 0.1) is 0 Å². The maximum absolute atomic E-state index is 11.0. The fraction of sp³-hybridized carbons (Fsp3) is 0.500. The van der Waals surface area contributed by atoms with Gasteiger partial charge in [0.25, 0.3) is 0 Å². The Morgan fingerprint density at radius 3 is 2.60 bits per heavy atom. The van der Waals surface area contributed by atoms with Gasteiger partial charge in [0.15, 0.2) is 0 Å². The van der Waals surface area contributed by atoms with Crippen molar-refractivity contribution in [1.29, 1.82) is 0 Å². The van der Waals surface area contributed by atoms with Crippen LogP contribution >= 0.6 is 0 Å². The summed E-state index contributed by atoms with van der Waals surface area (Å²) in [5.74, 6) is 0.414. The van der Waals surface area contributed by atoms with Crippen LogP contribution in [0.25, 0.3) is 0 Å². The number of pyridine rings is 1. The van der Waals surface area contributed by atoms with Crippen LogP contribution in [-0.4, -0.2) is 16.8 Å². The second-order valence-electron chi connectivity index (χ2n) is 4.05. The summed E-state index contributed by atoms with van der Waals surface area (Å²) in [6.45, 7) is 0.876. The van der Waals surface area contributed by atoms with Crippen LogP contribution in [0.2, 0.25) is 0 Å². The summed E-state index contributed by atoms with van der Waals surface area (Å²) in [7, 11) is 0. The Kier molecular flexibility index (Phi) is 3.45. The van der Waals surface area contributed by atoms with Gasteiger partial charge in [0.2, 0.25) is 0 Å². The third-order valence-corrected chi connectivity index (χ3v) is 2.89. The van der Waals surface area contributed by atoms with E-state index in [9.17, 15) is 4.79 Å². The van der Waals surface area contributed by atoms with Gasteiger partial charge in [0, 0.05) is 37.8 Å². The molecule has 0 bridgehead atoms. The van der Waals surface area contributed by atoms with Gasteiger partial charge in [-0.1, -0.05) is 0 Å². The molecule has 15 heavy (non-hydrogen) atoms. The summed E-state index contributed by atoms with van der Waals surface area (Å²) < 4.78 is 0. The predicted molar refractivity (Wildman–Crippen MR) is 58.3 cm³/mol. The summed E-state index contributed by atoms with van der Waals surface area (Å²) in [5.41, 5.74) is 1.25. The highest BCUT2D eigenvalue weighted by Crippen LogP contribution is 2.15. The molecule has 0 atom stereocenters. The maximum atomic E-state index is 11.0. The first-order chi connectivity index (χ1) is 7.34. The van der Waals surface area contributed by atoms with Crippen LogP contribution in [0.3, 0.4) is 0 Å². The predicted octanol–water partition coefficient (Wildman–Crippen LogP) is 1.68. The van der Waals surface area contributed by atoms with Gasteiger partial charge >= 0.3 is 0 Å². The van der Waals surface area contributed by atoms with Crippen molar-refractivity contribution in [2.24, 2.45) is 0 Å². The Hall–Kier alpha value is -1.22. The van der Waals surface area contributed by atoms with E-state index in [1.165, 1.54) is 5.56 Å². The molecule has 0 aromatic carbocycles. The summed E-state index contributed by atoms with van der Waals surface area (Å²) >= 11 is 0. The lowest BCUT2D eigenvalue weighted by Crippen LogP contribution is -2.32. The van der Waals surface area contributed by atoms with Crippen molar-refractivity contribution in [3.05, 3.63) is 30.1 Å². The molecule has 1 saturated carbocycles. The molecule has 1 N–H and O–H groups in total. The third kappa shape index (κ3) is 3.13. The lowest BCUT2D eigenvalue weighted by molar-refractivity contribution is -0.120. The van der Waals surface area contributed by atoms with E-state index >= 15 is 0 Å². The van der Waals surface area contributed by atoms with Gasteiger partial charge in [0.05, 0.1) is 0 Å². The Morgan fingerprint density at radius 1 is 1.27 bits per heavy atom. The molecule has 0 amide bonds. The highest BCUT2D eigenvalue weighted by Gasteiger charge is 2.17. The molecular weight excluding hydrogens is 188 g/mol. The first kappa shape index (κ1) is 10.3. The first-order valence-corrected chi connectivity index (χ1v) is 5.48. The van der Waals surface area contributed by atoms with Gasteiger partial charge in [-0.15, -0.1) is 0 Å². The monoisotopic (exact) mass is 204 g/mol. The average Bonchev–Trinajstić information content (AvgIpc) is 2.30. The minimum absolute atomic E-state index is 0.414. The normalized spacial score (nSPS) is 18.0. The summed E-state index contributed by atoms with van der Waals surface area (Å²) in [6.07, 6.45) is 7.08. The van der Waals surface area contributed by atoms with Crippen LogP contribution in [0.1, 0.15) is 31.2 Å². The minimum atomic E-state index is 0.414. The molecule has 0 saturated heterocycles. The van der Waals surface area contributed by atoms with E-state index in [-0.39, 0.29) is 0 Å². The molecule has 80 valence electrons. The number of Topliss-reactive ketones (excluding diaryl/α,β-unsaturated/α-hetero) is 1. The van der Waals surface area contributed by atoms with E-state index in [2.05, 4.69) is 10.3 Å². The Bertz CT molecular complexity index is 314. The highest BCUT2D eigenvalue weighted by atomic mass is 16.1. The molecule has 1 aliphatic carbocycles. The molecule has 0 spiro atoms. The second kappa shape index (κ2) is 5.03. The van der Waals surface area contributed by atoms with E-state index in [1.54, 1.807) is 12.4 Å². The zero-order valence-corrected chi connectivity index (χ0v) is 8.78. The summed E-state index contributed by atoms with van der Waals surface area (Å²) in [4.78, 5) is 15.0. The largest absolute Gasteiger partial charge is 0.310 e. The van der Waals surface area contributed by atoms with Gasteiger partial charge in [-0.05, 0) is 30.5 Å². The van der Waals surface area contributed by atoms with Crippen LogP contribution < -0.4 is 5.32 Å². The quantitative estimate of drug-likeness (QED) is 0.814. The van der Waals surface area contributed by atoms with Crippen molar-refractivity contribution in [2.45, 2.75) is 38.3 Å². The van der Waals surface area contributed by atoms with Crippen LogP contribution in [0.4, 0.5) is 0 Å². The Labute approximate surface area is 89.9 Å². The van der Waals surface area contributed by atoms with Crippen molar-refractivity contribution in [2.75, 3.05) is 0 Å².